The van der Waals surface area contributed by atoms with Crippen LogP contribution in [-0.4, -0.2) is 34.4 Å². The summed E-state index contributed by atoms with van der Waals surface area (Å²) in [6, 6.07) is -0.153. The monoisotopic (exact) mass is 366 g/mol. The summed E-state index contributed by atoms with van der Waals surface area (Å²) < 4.78 is 0. The fourth-order valence-corrected chi connectivity index (χ4v) is 3.65. The van der Waals surface area contributed by atoms with Crippen molar-refractivity contribution in [1.29, 1.82) is 0 Å². The summed E-state index contributed by atoms with van der Waals surface area (Å²) >= 11 is 0. The van der Waals surface area contributed by atoms with Crippen LogP contribution in [0.2, 0.25) is 0 Å². The number of carbonyl (C=O) groups is 2. The minimum absolute atomic E-state index is 0.0112. The molecule has 0 aromatic rings. The number of hydrogen-bond acceptors (Lipinski definition) is 2. The highest BCUT2D eigenvalue weighted by molar-refractivity contribution is 6.12. The van der Waals surface area contributed by atoms with E-state index in [0.29, 0.717) is 12.0 Å². The van der Waals surface area contributed by atoms with Crippen molar-refractivity contribution in [2.75, 3.05) is 6.54 Å². The molecule has 26 heavy (non-hydrogen) atoms. The van der Waals surface area contributed by atoms with Gasteiger partial charge in [0.15, 0.2) is 0 Å². The van der Waals surface area contributed by atoms with Crippen molar-refractivity contribution in [1.82, 2.24) is 9.80 Å². The first-order valence-corrected chi connectivity index (χ1v) is 10.6. The number of unbranched alkanes of at least 4 members (excludes halogenated alkanes) is 5. The van der Waals surface area contributed by atoms with Gasteiger partial charge in [0.05, 0.1) is 0 Å². The van der Waals surface area contributed by atoms with Crippen LogP contribution in [0.1, 0.15) is 106 Å². The average Bonchev–Trinajstić information content (AvgIpc) is 2.51. The molecule has 1 rings (SSSR count). The number of urea groups is 2. The summed E-state index contributed by atoms with van der Waals surface area (Å²) in [5, 5.41) is 0. The van der Waals surface area contributed by atoms with Crippen molar-refractivity contribution >= 4 is 12.1 Å². The normalized spacial score (nSPS) is 16.9. The van der Waals surface area contributed by atoms with E-state index in [1.54, 1.807) is 0 Å². The molecule has 0 saturated carbocycles. The SMILES string of the molecule is CCCCCC(N1C(=O)N(CCCCCCC(C)(C)C)C1=O)C(C)(C)C. The third-order valence-corrected chi connectivity index (χ3v) is 5.32. The lowest BCUT2D eigenvalue weighted by molar-refractivity contribution is 0.0534. The van der Waals surface area contributed by atoms with Crippen LogP contribution >= 0.6 is 0 Å². The lowest BCUT2D eigenvalue weighted by Crippen LogP contribution is -2.69. The Hall–Kier alpha value is -1.06. The topological polar surface area (TPSA) is 40.6 Å². The van der Waals surface area contributed by atoms with Gasteiger partial charge in [0.1, 0.15) is 0 Å². The average molecular weight is 367 g/mol. The molecule has 1 heterocycles. The Morgan fingerprint density at radius 3 is 1.88 bits per heavy atom. The Morgan fingerprint density at radius 1 is 0.808 bits per heavy atom. The van der Waals surface area contributed by atoms with Gasteiger partial charge in [-0.25, -0.2) is 19.4 Å². The van der Waals surface area contributed by atoms with Crippen molar-refractivity contribution in [2.24, 2.45) is 10.8 Å². The zero-order valence-corrected chi connectivity index (χ0v) is 18.4. The first kappa shape index (κ1) is 23.0. The zero-order valence-electron chi connectivity index (χ0n) is 18.4. The van der Waals surface area contributed by atoms with E-state index >= 15 is 0 Å². The number of amides is 4. The third-order valence-electron chi connectivity index (χ3n) is 5.32. The number of rotatable bonds is 11. The van der Waals surface area contributed by atoms with Crippen molar-refractivity contribution in [3.8, 4) is 0 Å². The fraction of sp³-hybridized carbons (Fsp3) is 0.909. The largest absolute Gasteiger partial charge is 0.336 e. The second-order valence-corrected chi connectivity index (χ2v) is 10.2. The smallest absolute Gasteiger partial charge is 0.247 e. The molecule has 1 fully saturated rings. The molecule has 0 aromatic heterocycles. The van der Waals surface area contributed by atoms with Gasteiger partial charge >= 0.3 is 12.1 Å². The van der Waals surface area contributed by atoms with E-state index in [0.717, 1.165) is 38.5 Å². The number of nitrogens with zero attached hydrogens (tertiary/aromatic N) is 2. The molecule has 1 aliphatic heterocycles. The Kier molecular flexibility index (Phi) is 8.62. The molecule has 152 valence electrons. The molecule has 0 radical (unpaired) electrons. The summed E-state index contributed by atoms with van der Waals surface area (Å²) in [7, 11) is 0. The molecule has 4 amide bonds. The van der Waals surface area contributed by atoms with Gasteiger partial charge in [0.2, 0.25) is 0 Å². The summed E-state index contributed by atoms with van der Waals surface area (Å²) in [5.41, 5.74) is 0.321. The predicted molar refractivity (Wildman–Crippen MR) is 109 cm³/mol. The lowest BCUT2D eigenvalue weighted by Gasteiger charge is -2.48. The zero-order chi connectivity index (χ0) is 20.0. The highest BCUT2D eigenvalue weighted by Gasteiger charge is 2.49. The van der Waals surface area contributed by atoms with Crippen LogP contribution < -0.4 is 0 Å². The highest BCUT2D eigenvalue weighted by Crippen LogP contribution is 2.34. The summed E-state index contributed by atoms with van der Waals surface area (Å²) in [6.45, 7) is 15.9. The molecule has 0 aromatic carbocycles. The first-order chi connectivity index (χ1) is 12.0. The van der Waals surface area contributed by atoms with Crippen LogP contribution in [0.15, 0.2) is 0 Å². The Morgan fingerprint density at radius 2 is 1.38 bits per heavy atom. The molecular formula is C22H42N2O2. The predicted octanol–water partition coefficient (Wildman–Crippen LogP) is 6.84. The Balaban J connectivity index is 2.42. The van der Waals surface area contributed by atoms with Gasteiger partial charge in [-0.1, -0.05) is 87.0 Å². The number of imide groups is 2. The molecule has 4 heteroatoms. The highest BCUT2D eigenvalue weighted by atomic mass is 16.2. The van der Waals surface area contributed by atoms with Crippen LogP contribution in [0.4, 0.5) is 9.59 Å². The minimum Gasteiger partial charge on any atom is -0.247 e. The molecule has 1 aliphatic rings. The number of carbonyl (C=O) groups excluding carboxylic acids is 2. The number of hydrogen-bond donors (Lipinski definition) is 0. The third kappa shape index (κ3) is 6.92. The second kappa shape index (κ2) is 9.75. The molecule has 1 atom stereocenters. The van der Waals surface area contributed by atoms with Gasteiger partial charge < -0.3 is 0 Å². The summed E-state index contributed by atoms with van der Waals surface area (Å²) in [5.74, 6) is 0. The van der Waals surface area contributed by atoms with Crippen molar-refractivity contribution < 1.29 is 9.59 Å². The Labute approximate surface area is 161 Å². The quantitative estimate of drug-likeness (QED) is 0.376. The van der Waals surface area contributed by atoms with Crippen LogP contribution in [0.5, 0.6) is 0 Å². The van der Waals surface area contributed by atoms with E-state index in [1.165, 1.54) is 29.1 Å². The molecule has 4 nitrogen and oxygen atoms in total. The first-order valence-electron chi connectivity index (χ1n) is 10.6. The van der Waals surface area contributed by atoms with Crippen molar-refractivity contribution in [3.05, 3.63) is 0 Å². The van der Waals surface area contributed by atoms with E-state index in [4.69, 9.17) is 0 Å². The molecular weight excluding hydrogens is 324 g/mol. The van der Waals surface area contributed by atoms with E-state index in [1.807, 2.05) is 0 Å². The summed E-state index contributed by atoms with van der Waals surface area (Å²) in [4.78, 5) is 28.1. The maximum Gasteiger partial charge on any atom is 0.336 e. The van der Waals surface area contributed by atoms with Gasteiger partial charge in [-0.2, -0.15) is 0 Å². The standard InChI is InChI=1S/C22H42N2O2/c1-8-9-12-15-18(22(5,6)7)24-19(25)23(20(24)26)17-14-11-10-13-16-21(2,3)4/h18H,8-17H2,1-7H3. The molecule has 1 saturated heterocycles. The molecule has 0 N–H and O–H groups in total. The second-order valence-electron chi connectivity index (χ2n) is 10.2. The van der Waals surface area contributed by atoms with Crippen LogP contribution in [-0.2, 0) is 0 Å². The van der Waals surface area contributed by atoms with Gasteiger partial charge in [-0.3, -0.25) is 0 Å². The van der Waals surface area contributed by atoms with Gasteiger partial charge in [-0.05, 0) is 30.1 Å². The molecule has 0 bridgehead atoms. The molecule has 0 aliphatic carbocycles. The van der Waals surface area contributed by atoms with Crippen LogP contribution in [0.25, 0.3) is 0 Å². The van der Waals surface area contributed by atoms with E-state index in [-0.39, 0.29) is 23.5 Å². The minimum atomic E-state index is -0.0823. The van der Waals surface area contributed by atoms with Crippen LogP contribution in [0.3, 0.4) is 0 Å². The van der Waals surface area contributed by atoms with E-state index in [2.05, 4.69) is 48.5 Å². The Bertz CT molecular complexity index is 444. The van der Waals surface area contributed by atoms with Crippen molar-refractivity contribution in [2.45, 2.75) is 112 Å². The molecule has 1 unspecified atom stereocenters. The molecule has 0 spiro atoms. The lowest BCUT2D eigenvalue weighted by atomic mass is 9.82. The maximum atomic E-state index is 12.6. The van der Waals surface area contributed by atoms with E-state index in [9.17, 15) is 9.59 Å². The fourth-order valence-electron chi connectivity index (χ4n) is 3.65. The van der Waals surface area contributed by atoms with Crippen LogP contribution in [0, 0.1) is 10.8 Å². The van der Waals surface area contributed by atoms with E-state index < -0.39 is 0 Å². The summed E-state index contributed by atoms with van der Waals surface area (Å²) in [6.07, 6.45) is 9.94. The van der Waals surface area contributed by atoms with Crippen molar-refractivity contribution in [3.63, 3.8) is 0 Å². The van der Waals surface area contributed by atoms with Gasteiger partial charge in [0.25, 0.3) is 0 Å². The van der Waals surface area contributed by atoms with Gasteiger partial charge in [-0.15, -0.1) is 0 Å². The maximum absolute atomic E-state index is 12.6. The van der Waals surface area contributed by atoms with Gasteiger partial charge in [0, 0.05) is 12.6 Å².